The van der Waals surface area contributed by atoms with Crippen LogP contribution >= 0.6 is 0 Å². The van der Waals surface area contributed by atoms with Gasteiger partial charge in [0, 0.05) is 12.8 Å². The van der Waals surface area contributed by atoms with Crippen molar-refractivity contribution in [3.8, 4) is 0 Å². The van der Waals surface area contributed by atoms with Gasteiger partial charge in [0.1, 0.15) is 5.78 Å². The molecule has 98 valence electrons. The summed E-state index contributed by atoms with van der Waals surface area (Å²) < 4.78 is 0. The molecule has 0 spiro atoms. The van der Waals surface area contributed by atoms with Crippen LogP contribution in [0.15, 0.2) is 30.9 Å². The standard InChI is InChI=1S/C17H24O/c1-4-5-6-7-8-9-17(18)13-16-11-10-14(2)15(3)12-16/h4,10-12H,1,5-9,13H2,2-3H3. The summed E-state index contributed by atoms with van der Waals surface area (Å²) in [5.41, 5.74) is 3.70. The highest BCUT2D eigenvalue weighted by Crippen LogP contribution is 2.12. The zero-order valence-corrected chi connectivity index (χ0v) is 11.7. The van der Waals surface area contributed by atoms with Gasteiger partial charge in [-0.05, 0) is 49.8 Å². The minimum absolute atomic E-state index is 0.358. The van der Waals surface area contributed by atoms with Crippen LogP contribution in [0.5, 0.6) is 0 Å². The summed E-state index contributed by atoms with van der Waals surface area (Å²) in [6.07, 6.45) is 7.59. The molecule has 1 heteroatoms. The van der Waals surface area contributed by atoms with Crippen LogP contribution in [0.3, 0.4) is 0 Å². The third-order valence-electron chi connectivity index (χ3n) is 3.34. The highest BCUT2D eigenvalue weighted by atomic mass is 16.1. The molecule has 0 atom stereocenters. The monoisotopic (exact) mass is 244 g/mol. The Balaban J connectivity index is 2.31. The van der Waals surface area contributed by atoms with Crippen LogP contribution in [-0.2, 0) is 11.2 Å². The predicted octanol–water partition coefficient (Wildman–Crippen LogP) is 4.55. The lowest BCUT2D eigenvalue weighted by Crippen LogP contribution is -2.03. The predicted molar refractivity (Wildman–Crippen MR) is 77.9 cm³/mol. The number of rotatable bonds is 8. The van der Waals surface area contributed by atoms with Crippen molar-refractivity contribution in [1.82, 2.24) is 0 Å². The Morgan fingerprint density at radius 2 is 1.94 bits per heavy atom. The molecule has 0 bridgehead atoms. The number of carbonyl (C=O) groups is 1. The maximum atomic E-state index is 11.8. The lowest BCUT2D eigenvalue weighted by molar-refractivity contribution is -0.118. The van der Waals surface area contributed by atoms with Crippen molar-refractivity contribution < 1.29 is 4.79 Å². The number of carbonyl (C=O) groups excluding carboxylic acids is 1. The van der Waals surface area contributed by atoms with E-state index in [0.29, 0.717) is 18.6 Å². The lowest BCUT2D eigenvalue weighted by Gasteiger charge is -2.05. The van der Waals surface area contributed by atoms with Crippen molar-refractivity contribution in [2.45, 2.75) is 52.4 Å². The fraction of sp³-hybridized carbons (Fsp3) is 0.471. The van der Waals surface area contributed by atoms with E-state index in [1.54, 1.807) is 0 Å². The summed E-state index contributed by atoms with van der Waals surface area (Å²) in [7, 11) is 0. The highest BCUT2D eigenvalue weighted by molar-refractivity contribution is 5.80. The Morgan fingerprint density at radius 1 is 1.17 bits per heavy atom. The molecule has 18 heavy (non-hydrogen) atoms. The minimum atomic E-state index is 0.358. The fourth-order valence-corrected chi connectivity index (χ4v) is 2.02. The van der Waals surface area contributed by atoms with Crippen LogP contribution in [0.2, 0.25) is 0 Å². The van der Waals surface area contributed by atoms with Gasteiger partial charge < -0.3 is 0 Å². The lowest BCUT2D eigenvalue weighted by atomic mass is 10.0. The van der Waals surface area contributed by atoms with Gasteiger partial charge in [0.15, 0.2) is 0 Å². The molecule has 1 aromatic carbocycles. The third kappa shape index (κ3) is 5.31. The van der Waals surface area contributed by atoms with Crippen molar-refractivity contribution in [3.05, 3.63) is 47.5 Å². The number of Topliss-reactive ketones (excluding diaryl/α,β-unsaturated/α-hetero) is 1. The number of ketones is 1. The van der Waals surface area contributed by atoms with Crippen LogP contribution < -0.4 is 0 Å². The number of benzene rings is 1. The second-order valence-electron chi connectivity index (χ2n) is 5.02. The zero-order chi connectivity index (χ0) is 13.4. The largest absolute Gasteiger partial charge is 0.299 e. The van der Waals surface area contributed by atoms with Crippen LogP contribution in [0.25, 0.3) is 0 Å². The first-order valence-corrected chi connectivity index (χ1v) is 6.82. The smallest absolute Gasteiger partial charge is 0.137 e. The van der Waals surface area contributed by atoms with Crippen molar-refractivity contribution in [1.29, 1.82) is 0 Å². The molecule has 0 aliphatic heterocycles. The van der Waals surface area contributed by atoms with E-state index in [-0.39, 0.29) is 0 Å². The van der Waals surface area contributed by atoms with Gasteiger partial charge in [0.05, 0.1) is 0 Å². The van der Waals surface area contributed by atoms with Crippen LogP contribution in [0.4, 0.5) is 0 Å². The number of unbranched alkanes of at least 4 members (excludes halogenated alkanes) is 3. The Kier molecular flexibility index (Phi) is 6.42. The molecule has 0 N–H and O–H groups in total. The fourth-order valence-electron chi connectivity index (χ4n) is 2.02. The molecular weight excluding hydrogens is 220 g/mol. The SMILES string of the molecule is C=CCCCCCC(=O)Cc1ccc(C)c(C)c1. The number of hydrogen-bond acceptors (Lipinski definition) is 1. The van der Waals surface area contributed by atoms with Crippen molar-refractivity contribution in [2.75, 3.05) is 0 Å². The molecule has 0 heterocycles. The Bertz CT molecular complexity index is 404. The van der Waals surface area contributed by atoms with E-state index in [4.69, 9.17) is 0 Å². The van der Waals surface area contributed by atoms with E-state index < -0.39 is 0 Å². The summed E-state index contributed by atoms with van der Waals surface area (Å²) in [6, 6.07) is 6.30. The van der Waals surface area contributed by atoms with Crippen molar-refractivity contribution in [3.63, 3.8) is 0 Å². The average molecular weight is 244 g/mol. The van der Waals surface area contributed by atoms with Gasteiger partial charge in [0.25, 0.3) is 0 Å². The van der Waals surface area contributed by atoms with Gasteiger partial charge in [-0.3, -0.25) is 4.79 Å². The first-order valence-electron chi connectivity index (χ1n) is 6.82. The summed E-state index contributed by atoms with van der Waals surface area (Å²) in [5.74, 6) is 0.358. The maximum Gasteiger partial charge on any atom is 0.137 e. The number of hydrogen-bond donors (Lipinski definition) is 0. The van der Waals surface area contributed by atoms with Crippen LogP contribution in [-0.4, -0.2) is 5.78 Å². The van der Waals surface area contributed by atoms with E-state index in [1.165, 1.54) is 11.1 Å². The second kappa shape index (κ2) is 7.86. The molecule has 1 nitrogen and oxygen atoms in total. The van der Waals surface area contributed by atoms with E-state index in [9.17, 15) is 4.79 Å². The first kappa shape index (κ1) is 14.7. The summed E-state index contributed by atoms with van der Waals surface area (Å²) >= 11 is 0. The molecule has 0 aliphatic carbocycles. The second-order valence-corrected chi connectivity index (χ2v) is 5.02. The number of allylic oxidation sites excluding steroid dienone is 1. The molecule has 1 rings (SSSR count). The molecule has 0 fully saturated rings. The third-order valence-corrected chi connectivity index (χ3v) is 3.34. The Labute approximate surface area is 111 Å². The van der Waals surface area contributed by atoms with E-state index in [0.717, 1.165) is 31.2 Å². The topological polar surface area (TPSA) is 17.1 Å². The summed E-state index contributed by atoms with van der Waals surface area (Å²) in [5, 5.41) is 0. The first-order chi connectivity index (χ1) is 8.63. The molecule has 0 unspecified atom stereocenters. The van der Waals surface area contributed by atoms with E-state index in [2.05, 4.69) is 38.6 Å². The Hall–Kier alpha value is -1.37. The van der Waals surface area contributed by atoms with Crippen molar-refractivity contribution in [2.24, 2.45) is 0 Å². The van der Waals surface area contributed by atoms with Gasteiger partial charge in [-0.25, -0.2) is 0 Å². The normalized spacial score (nSPS) is 10.3. The van der Waals surface area contributed by atoms with Gasteiger partial charge >= 0.3 is 0 Å². The van der Waals surface area contributed by atoms with Gasteiger partial charge in [-0.15, -0.1) is 6.58 Å². The average Bonchev–Trinajstić information content (AvgIpc) is 2.34. The quantitative estimate of drug-likeness (QED) is 0.484. The molecule has 0 amide bonds. The number of aryl methyl sites for hydroxylation is 2. The zero-order valence-electron chi connectivity index (χ0n) is 11.7. The molecular formula is C17H24O. The van der Waals surface area contributed by atoms with E-state index >= 15 is 0 Å². The Morgan fingerprint density at radius 3 is 2.61 bits per heavy atom. The molecule has 1 aromatic rings. The summed E-state index contributed by atoms with van der Waals surface area (Å²) in [6.45, 7) is 7.89. The molecule has 0 aromatic heterocycles. The highest BCUT2D eigenvalue weighted by Gasteiger charge is 2.04. The van der Waals surface area contributed by atoms with Gasteiger partial charge in [-0.2, -0.15) is 0 Å². The van der Waals surface area contributed by atoms with Crippen LogP contribution in [0.1, 0.15) is 48.8 Å². The van der Waals surface area contributed by atoms with Crippen LogP contribution in [0, 0.1) is 13.8 Å². The summed E-state index contributed by atoms with van der Waals surface area (Å²) in [4.78, 5) is 11.8. The van der Waals surface area contributed by atoms with E-state index in [1.807, 2.05) is 6.08 Å². The molecule has 0 saturated heterocycles. The minimum Gasteiger partial charge on any atom is -0.299 e. The molecule has 0 saturated carbocycles. The maximum absolute atomic E-state index is 11.8. The van der Waals surface area contributed by atoms with Gasteiger partial charge in [0.2, 0.25) is 0 Å². The molecule has 0 aliphatic rings. The molecule has 0 radical (unpaired) electrons. The van der Waals surface area contributed by atoms with Crippen molar-refractivity contribution >= 4 is 5.78 Å². The van der Waals surface area contributed by atoms with Gasteiger partial charge in [-0.1, -0.05) is 30.7 Å².